The van der Waals surface area contributed by atoms with E-state index in [1.165, 1.54) is 16.7 Å². The normalized spacial score (nSPS) is 14.4. The number of likely N-dealkylation sites (tertiary alicyclic amines) is 1. The molecule has 1 fully saturated rings. The zero-order chi connectivity index (χ0) is 16.9. The zero-order valence-corrected chi connectivity index (χ0v) is 13.9. The van der Waals surface area contributed by atoms with Gasteiger partial charge in [-0.05, 0) is 12.1 Å². The first-order valence-electron chi connectivity index (χ1n) is 7.61. The molecular formula is C16H17N5O2S. The van der Waals surface area contributed by atoms with Crippen LogP contribution in [0.4, 0.5) is 0 Å². The second-order valence-corrected chi connectivity index (χ2v) is 6.29. The summed E-state index contributed by atoms with van der Waals surface area (Å²) in [5, 5.41) is 9.22. The lowest BCUT2D eigenvalue weighted by molar-refractivity contribution is -0.137. The number of pyridine rings is 1. The van der Waals surface area contributed by atoms with E-state index in [0.717, 1.165) is 16.5 Å². The van der Waals surface area contributed by atoms with Crippen molar-refractivity contribution >= 4 is 23.6 Å². The summed E-state index contributed by atoms with van der Waals surface area (Å²) in [6.07, 6.45) is 5.84. The lowest BCUT2D eigenvalue weighted by Crippen LogP contribution is -2.31. The largest absolute Gasteiger partial charge is 0.298 e. The summed E-state index contributed by atoms with van der Waals surface area (Å²) in [5.74, 6) is 1.15. The van der Waals surface area contributed by atoms with Gasteiger partial charge in [-0.2, -0.15) is 0 Å². The summed E-state index contributed by atoms with van der Waals surface area (Å²) in [5.41, 5.74) is 0.927. The second kappa shape index (κ2) is 7.39. The van der Waals surface area contributed by atoms with Gasteiger partial charge in [0.05, 0.1) is 0 Å². The first-order valence-corrected chi connectivity index (χ1v) is 8.59. The van der Waals surface area contributed by atoms with Crippen molar-refractivity contribution in [2.45, 2.75) is 24.5 Å². The van der Waals surface area contributed by atoms with Crippen LogP contribution in [-0.4, -0.2) is 48.8 Å². The molecule has 0 aromatic carbocycles. The van der Waals surface area contributed by atoms with Crippen LogP contribution >= 0.6 is 11.8 Å². The van der Waals surface area contributed by atoms with Gasteiger partial charge in [-0.15, -0.1) is 16.8 Å². The standard InChI is InChI=1S/C16H17N5O2S/c1-2-9-21-15(12-5-7-17-8-6-12)18-19-16(21)24-11-10-20-13(22)3-4-14(20)23/h2,5-8H,1,3-4,9-11H2. The predicted molar refractivity (Wildman–Crippen MR) is 90.1 cm³/mol. The van der Waals surface area contributed by atoms with Crippen molar-refractivity contribution in [2.75, 3.05) is 12.3 Å². The number of amides is 2. The minimum atomic E-state index is -0.0920. The van der Waals surface area contributed by atoms with Crippen LogP contribution in [-0.2, 0) is 16.1 Å². The maximum Gasteiger partial charge on any atom is 0.229 e. The van der Waals surface area contributed by atoms with Crippen LogP contribution in [0.2, 0.25) is 0 Å². The molecule has 0 saturated carbocycles. The quantitative estimate of drug-likeness (QED) is 0.433. The van der Waals surface area contributed by atoms with E-state index in [4.69, 9.17) is 0 Å². The topological polar surface area (TPSA) is 81.0 Å². The number of carbonyl (C=O) groups excluding carboxylic acids is 2. The van der Waals surface area contributed by atoms with Gasteiger partial charge >= 0.3 is 0 Å². The molecule has 2 amide bonds. The number of hydrogen-bond acceptors (Lipinski definition) is 6. The number of imide groups is 1. The van der Waals surface area contributed by atoms with Crippen LogP contribution in [0.5, 0.6) is 0 Å². The van der Waals surface area contributed by atoms with E-state index in [2.05, 4.69) is 21.8 Å². The third-order valence-electron chi connectivity index (χ3n) is 3.67. The lowest BCUT2D eigenvalue weighted by atomic mass is 10.2. The van der Waals surface area contributed by atoms with Crippen LogP contribution in [0, 0.1) is 0 Å². The van der Waals surface area contributed by atoms with Crippen molar-refractivity contribution < 1.29 is 9.59 Å². The molecule has 0 N–H and O–H groups in total. The maximum absolute atomic E-state index is 11.6. The Morgan fingerprint density at radius 1 is 1.17 bits per heavy atom. The van der Waals surface area contributed by atoms with E-state index in [-0.39, 0.29) is 11.8 Å². The molecule has 1 aliphatic rings. The van der Waals surface area contributed by atoms with Crippen LogP contribution in [0.1, 0.15) is 12.8 Å². The van der Waals surface area contributed by atoms with Crippen molar-refractivity contribution in [1.82, 2.24) is 24.6 Å². The Kier molecular flexibility index (Phi) is 5.05. The van der Waals surface area contributed by atoms with Gasteiger partial charge in [0.15, 0.2) is 11.0 Å². The first kappa shape index (κ1) is 16.4. The maximum atomic E-state index is 11.6. The molecular weight excluding hydrogens is 326 g/mol. The second-order valence-electron chi connectivity index (χ2n) is 5.23. The molecule has 0 spiro atoms. The number of hydrogen-bond donors (Lipinski definition) is 0. The minimum Gasteiger partial charge on any atom is -0.298 e. The summed E-state index contributed by atoms with van der Waals surface area (Å²) in [6, 6.07) is 3.75. The van der Waals surface area contributed by atoms with Crippen molar-refractivity contribution in [2.24, 2.45) is 0 Å². The van der Waals surface area contributed by atoms with Gasteiger partial charge in [0.2, 0.25) is 11.8 Å². The van der Waals surface area contributed by atoms with Crippen molar-refractivity contribution in [3.63, 3.8) is 0 Å². The number of aromatic nitrogens is 4. The van der Waals surface area contributed by atoms with Crippen LogP contribution in [0.25, 0.3) is 11.4 Å². The molecule has 0 bridgehead atoms. The molecule has 7 nitrogen and oxygen atoms in total. The summed E-state index contributed by atoms with van der Waals surface area (Å²) in [7, 11) is 0. The summed E-state index contributed by atoms with van der Waals surface area (Å²) in [4.78, 5) is 28.6. The monoisotopic (exact) mass is 343 g/mol. The van der Waals surface area contributed by atoms with Gasteiger partial charge in [0.25, 0.3) is 0 Å². The molecule has 3 rings (SSSR count). The predicted octanol–water partition coefficient (Wildman–Crippen LogP) is 1.77. The highest BCUT2D eigenvalue weighted by molar-refractivity contribution is 7.99. The Hall–Kier alpha value is -2.48. The van der Waals surface area contributed by atoms with Crippen molar-refractivity contribution in [3.8, 4) is 11.4 Å². The summed E-state index contributed by atoms with van der Waals surface area (Å²) < 4.78 is 1.96. The fourth-order valence-corrected chi connectivity index (χ4v) is 3.38. The van der Waals surface area contributed by atoms with E-state index in [0.29, 0.717) is 31.7 Å². The van der Waals surface area contributed by atoms with Crippen LogP contribution in [0.15, 0.2) is 42.3 Å². The Morgan fingerprint density at radius 2 is 1.88 bits per heavy atom. The third-order valence-corrected chi connectivity index (χ3v) is 4.61. The molecule has 0 atom stereocenters. The molecule has 0 radical (unpaired) electrons. The minimum absolute atomic E-state index is 0.0920. The number of carbonyl (C=O) groups is 2. The van der Waals surface area contributed by atoms with E-state index < -0.39 is 0 Å². The number of rotatable bonds is 7. The van der Waals surface area contributed by atoms with Gasteiger partial charge in [-0.1, -0.05) is 17.8 Å². The molecule has 1 saturated heterocycles. The Balaban J connectivity index is 1.71. The van der Waals surface area contributed by atoms with Gasteiger partial charge in [0, 0.05) is 49.6 Å². The van der Waals surface area contributed by atoms with Gasteiger partial charge in [-0.25, -0.2) is 0 Å². The van der Waals surface area contributed by atoms with Crippen LogP contribution in [0.3, 0.4) is 0 Å². The number of thioether (sulfide) groups is 1. The molecule has 24 heavy (non-hydrogen) atoms. The summed E-state index contributed by atoms with van der Waals surface area (Å²) in [6.45, 7) is 4.75. The average molecular weight is 343 g/mol. The summed E-state index contributed by atoms with van der Waals surface area (Å²) >= 11 is 1.47. The Morgan fingerprint density at radius 3 is 2.54 bits per heavy atom. The molecule has 3 heterocycles. The number of nitrogens with zero attached hydrogens (tertiary/aromatic N) is 5. The van der Waals surface area contributed by atoms with E-state index in [9.17, 15) is 9.59 Å². The van der Waals surface area contributed by atoms with Gasteiger partial charge < -0.3 is 0 Å². The highest BCUT2D eigenvalue weighted by Gasteiger charge is 2.28. The van der Waals surface area contributed by atoms with Crippen molar-refractivity contribution in [3.05, 3.63) is 37.2 Å². The van der Waals surface area contributed by atoms with Gasteiger partial charge in [-0.3, -0.25) is 24.0 Å². The lowest BCUT2D eigenvalue weighted by Gasteiger charge is -2.13. The SMILES string of the molecule is C=CCn1c(SCCN2C(=O)CCC2=O)nnc1-c1ccncc1. The molecule has 0 unspecified atom stereocenters. The van der Waals surface area contributed by atoms with E-state index >= 15 is 0 Å². The molecule has 124 valence electrons. The molecule has 8 heteroatoms. The molecule has 2 aromatic heterocycles. The zero-order valence-electron chi connectivity index (χ0n) is 13.1. The fourth-order valence-electron chi connectivity index (χ4n) is 2.50. The molecule has 0 aliphatic carbocycles. The van der Waals surface area contributed by atoms with E-state index in [1.54, 1.807) is 18.5 Å². The number of allylic oxidation sites excluding steroid dienone is 1. The first-order chi connectivity index (χ1) is 11.7. The fraction of sp³-hybridized carbons (Fsp3) is 0.312. The molecule has 2 aromatic rings. The van der Waals surface area contributed by atoms with E-state index in [1.807, 2.05) is 16.7 Å². The highest BCUT2D eigenvalue weighted by Crippen LogP contribution is 2.24. The Labute approximate surface area is 143 Å². The molecule has 1 aliphatic heterocycles. The Bertz CT molecular complexity index is 743. The average Bonchev–Trinajstić information content (AvgIpc) is 3.14. The third kappa shape index (κ3) is 3.38. The highest BCUT2D eigenvalue weighted by atomic mass is 32.2. The van der Waals surface area contributed by atoms with Crippen molar-refractivity contribution in [1.29, 1.82) is 0 Å². The smallest absolute Gasteiger partial charge is 0.229 e. The van der Waals surface area contributed by atoms with Crippen LogP contribution < -0.4 is 0 Å². The van der Waals surface area contributed by atoms with Gasteiger partial charge in [0.1, 0.15) is 0 Å².